The second-order valence-corrected chi connectivity index (χ2v) is 6.60. The van der Waals surface area contributed by atoms with Crippen molar-refractivity contribution in [3.63, 3.8) is 0 Å². The average Bonchev–Trinajstić information content (AvgIpc) is 3.09. The zero-order valence-corrected chi connectivity index (χ0v) is 11.5. The third-order valence-corrected chi connectivity index (χ3v) is 5.47. The molecule has 2 saturated carbocycles. The van der Waals surface area contributed by atoms with Crippen LogP contribution in [0.4, 0.5) is 0 Å². The van der Waals surface area contributed by atoms with Crippen LogP contribution in [0.25, 0.3) is 0 Å². The molecule has 3 rings (SSSR count). The molecule has 3 fully saturated rings. The summed E-state index contributed by atoms with van der Waals surface area (Å²) in [6.07, 6.45) is 8.12. The van der Waals surface area contributed by atoms with Gasteiger partial charge in [-0.2, -0.15) is 0 Å². The molecular formula is C15H26N2O. The largest absolute Gasteiger partial charge is 0.342 e. The summed E-state index contributed by atoms with van der Waals surface area (Å²) in [4.78, 5) is 14.0. The van der Waals surface area contributed by atoms with Gasteiger partial charge in [-0.3, -0.25) is 4.79 Å². The van der Waals surface area contributed by atoms with Crippen LogP contribution in [0.1, 0.15) is 45.4 Å². The van der Waals surface area contributed by atoms with Crippen LogP contribution >= 0.6 is 0 Å². The molecule has 18 heavy (non-hydrogen) atoms. The van der Waals surface area contributed by atoms with Gasteiger partial charge < -0.3 is 10.2 Å². The van der Waals surface area contributed by atoms with Crippen LogP contribution in [0.5, 0.6) is 0 Å². The number of likely N-dealkylation sites (tertiary alicyclic amines) is 1. The lowest BCUT2D eigenvalue weighted by atomic mass is 9.84. The fourth-order valence-corrected chi connectivity index (χ4v) is 4.38. The summed E-state index contributed by atoms with van der Waals surface area (Å²) in [5.41, 5.74) is 0. The van der Waals surface area contributed by atoms with E-state index >= 15 is 0 Å². The van der Waals surface area contributed by atoms with E-state index in [0.29, 0.717) is 18.5 Å². The van der Waals surface area contributed by atoms with Crippen LogP contribution in [0, 0.1) is 17.8 Å². The quantitative estimate of drug-likeness (QED) is 0.828. The van der Waals surface area contributed by atoms with E-state index in [-0.39, 0.29) is 0 Å². The maximum atomic E-state index is 12.0. The van der Waals surface area contributed by atoms with E-state index < -0.39 is 0 Å². The number of nitrogens with zero attached hydrogens (tertiary/aromatic N) is 1. The van der Waals surface area contributed by atoms with Gasteiger partial charge in [0.25, 0.3) is 0 Å². The first-order valence-corrected chi connectivity index (χ1v) is 7.75. The zero-order chi connectivity index (χ0) is 12.5. The van der Waals surface area contributed by atoms with Crippen molar-refractivity contribution >= 4 is 5.91 Å². The Morgan fingerprint density at radius 2 is 2.06 bits per heavy atom. The van der Waals surface area contributed by atoms with Crippen LogP contribution in [0.15, 0.2) is 0 Å². The van der Waals surface area contributed by atoms with Crippen LogP contribution in [0.3, 0.4) is 0 Å². The van der Waals surface area contributed by atoms with Gasteiger partial charge in [0.15, 0.2) is 0 Å². The second-order valence-electron chi connectivity index (χ2n) is 6.60. The first kappa shape index (κ1) is 12.5. The Morgan fingerprint density at radius 3 is 2.67 bits per heavy atom. The summed E-state index contributed by atoms with van der Waals surface area (Å²) >= 11 is 0. The van der Waals surface area contributed by atoms with Gasteiger partial charge in [-0.15, -0.1) is 0 Å². The minimum absolute atomic E-state index is 0.308. The molecule has 0 radical (unpaired) electrons. The Balaban J connectivity index is 1.43. The van der Waals surface area contributed by atoms with Crippen LogP contribution in [0.2, 0.25) is 0 Å². The summed E-state index contributed by atoms with van der Waals surface area (Å²) < 4.78 is 0. The van der Waals surface area contributed by atoms with E-state index in [4.69, 9.17) is 0 Å². The number of rotatable bonds is 4. The average molecular weight is 250 g/mol. The van der Waals surface area contributed by atoms with Gasteiger partial charge in [-0.25, -0.2) is 0 Å². The summed E-state index contributed by atoms with van der Waals surface area (Å²) in [6.45, 7) is 4.78. The second kappa shape index (κ2) is 5.20. The highest BCUT2D eigenvalue weighted by atomic mass is 16.2. The van der Waals surface area contributed by atoms with Crippen molar-refractivity contribution in [1.82, 2.24) is 10.2 Å². The van der Waals surface area contributed by atoms with Gasteiger partial charge in [0.2, 0.25) is 5.91 Å². The van der Waals surface area contributed by atoms with Crippen LogP contribution in [-0.2, 0) is 4.79 Å². The maximum Gasteiger partial charge on any atom is 0.236 e. The number of carbonyl (C=O) groups excluding carboxylic acids is 1. The first-order valence-electron chi connectivity index (χ1n) is 7.75. The van der Waals surface area contributed by atoms with Crippen LogP contribution < -0.4 is 5.32 Å². The van der Waals surface area contributed by atoms with Crippen molar-refractivity contribution in [2.24, 2.45) is 17.8 Å². The van der Waals surface area contributed by atoms with E-state index in [1.807, 2.05) is 4.90 Å². The molecule has 2 aliphatic carbocycles. The number of carbonyl (C=O) groups is 1. The first-order chi connectivity index (χ1) is 8.74. The molecule has 2 bridgehead atoms. The third kappa shape index (κ3) is 2.42. The Bertz CT molecular complexity index is 312. The molecule has 1 heterocycles. The summed E-state index contributed by atoms with van der Waals surface area (Å²) in [6, 6.07) is 0.520. The predicted molar refractivity (Wildman–Crippen MR) is 72.2 cm³/mol. The predicted octanol–water partition coefficient (Wildman–Crippen LogP) is 2.02. The maximum absolute atomic E-state index is 12.0. The molecular weight excluding hydrogens is 224 g/mol. The Hall–Kier alpha value is -0.570. The molecule has 4 unspecified atom stereocenters. The molecule has 1 saturated heterocycles. The van der Waals surface area contributed by atoms with Crippen LogP contribution in [-0.4, -0.2) is 36.5 Å². The molecule has 4 atom stereocenters. The van der Waals surface area contributed by atoms with Gasteiger partial charge in [0.1, 0.15) is 0 Å². The summed E-state index contributed by atoms with van der Waals surface area (Å²) in [7, 11) is 0. The van der Waals surface area contributed by atoms with Crippen molar-refractivity contribution in [3.05, 3.63) is 0 Å². The van der Waals surface area contributed by atoms with Gasteiger partial charge >= 0.3 is 0 Å². The molecule has 1 amide bonds. The van der Waals surface area contributed by atoms with E-state index in [1.54, 1.807) is 0 Å². The lowest BCUT2D eigenvalue weighted by Gasteiger charge is -2.29. The molecule has 3 aliphatic rings. The lowest BCUT2D eigenvalue weighted by Crippen LogP contribution is -2.43. The summed E-state index contributed by atoms with van der Waals surface area (Å²) in [5.74, 6) is 3.08. The lowest BCUT2D eigenvalue weighted by molar-refractivity contribution is -0.129. The third-order valence-electron chi connectivity index (χ3n) is 5.47. The monoisotopic (exact) mass is 250 g/mol. The normalized spacial score (nSPS) is 36.3. The van der Waals surface area contributed by atoms with Crippen molar-refractivity contribution in [1.29, 1.82) is 0 Å². The van der Waals surface area contributed by atoms with E-state index in [1.165, 1.54) is 38.5 Å². The van der Waals surface area contributed by atoms with E-state index in [9.17, 15) is 4.79 Å². The standard InChI is InChI=1S/C15H26N2O/c1-11(14-9-12-4-5-13(14)8-12)16-10-15(18)17-6-2-3-7-17/h11-14,16H,2-10H2,1H3. The Labute approximate surface area is 110 Å². The molecule has 1 aliphatic heterocycles. The number of fused-ring (bicyclic) bond motifs is 2. The Morgan fingerprint density at radius 1 is 1.28 bits per heavy atom. The Kier molecular flexibility index (Phi) is 3.60. The van der Waals surface area contributed by atoms with Crippen molar-refractivity contribution < 1.29 is 4.79 Å². The van der Waals surface area contributed by atoms with E-state index in [2.05, 4.69) is 12.2 Å². The highest BCUT2D eigenvalue weighted by Gasteiger charge is 2.41. The molecule has 0 aromatic rings. The van der Waals surface area contributed by atoms with Gasteiger partial charge in [0, 0.05) is 19.1 Å². The number of hydrogen-bond acceptors (Lipinski definition) is 2. The molecule has 0 aromatic carbocycles. The fourth-order valence-electron chi connectivity index (χ4n) is 4.38. The minimum atomic E-state index is 0.308. The smallest absolute Gasteiger partial charge is 0.236 e. The number of nitrogens with one attached hydrogen (secondary N) is 1. The molecule has 0 spiro atoms. The van der Waals surface area contributed by atoms with Gasteiger partial charge in [0.05, 0.1) is 6.54 Å². The summed E-state index contributed by atoms with van der Waals surface area (Å²) in [5, 5.41) is 3.49. The molecule has 1 N–H and O–H groups in total. The topological polar surface area (TPSA) is 32.3 Å². The zero-order valence-electron chi connectivity index (χ0n) is 11.5. The van der Waals surface area contributed by atoms with E-state index in [0.717, 1.165) is 30.8 Å². The highest BCUT2D eigenvalue weighted by Crippen LogP contribution is 2.49. The molecule has 0 aromatic heterocycles. The minimum Gasteiger partial charge on any atom is -0.342 e. The molecule has 3 heteroatoms. The van der Waals surface area contributed by atoms with Crippen molar-refractivity contribution in [2.45, 2.75) is 51.5 Å². The highest BCUT2D eigenvalue weighted by molar-refractivity contribution is 5.78. The number of hydrogen-bond donors (Lipinski definition) is 1. The van der Waals surface area contributed by atoms with Gasteiger partial charge in [-0.05, 0) is 56.8 Å². The SMILES string of the molecule is CC(NCC(=O)N1CCCC1)C1CC2CCC1C2. The van der Waals surface area contributed by atoms with Crippen molar-refractivity contribution in [2.75, 3.05) is 19.6 Å². The fraction of sp³-hybridized carbons (Fsp3) is 0.933. The molecule has 102 valence electrons. The van der Waals surface area contributed by atoms with Crippen molar-refractivity contribution in [3.8, 4) is 0 Å². The number of amides is 1. The van der Waals surface area contributed by atoms with Gasteiger partial charge in [-0.1, -0.05) is 6.42 Å². The molecule has 3 nitrogen and oxygen atoms in total.